The molecule has 3 rings (SSSR count). The lowest BCUT2D eigenvalue weighted by Gasteiger charge is -2.24. The molecule has 1 aliphatic rings. The molecule has 1 aliphatic carbocycles. The molecule has 4 nitrogen and oxygen atoms in total. The van der Waals surface area contributed by atoms with Gasteiger partial charge in [0.15, 0.2) is 0 Å². The average molecular weight is 288 g/mol. The van der Waals surface area contributed by atoms with E-state index in [1.807, 2.05) is 18.2 Å². The minimum absolute atomic E-state index is 0.0700. The van der Waals surface area contributed by atoms with Gasteiger partial charge in [-0.1, -0.05) is 35.9 Å². The van der Waals surface area contributed by atoms with Gasteiger partial charge in [0.25, 0.3) is 0 Å². The zero-order chi connectivity index (χ0) is 13.9. The minimum Gasteiger partial charge on any atom is -0.294 e. The number of amides is 1. The van der Waals surface area contributed by atoms with Crippen molar-refractivity contribution in [3.8, 4) is 0 Å². The van der Waals surface area contributed by atoms with Crippen LogP contribution in [0.15, 0.2) is 36.5 Å². The van der Waals surface area contributed by atoms with Gasteiger partial charge in [0.2, 0.25) is 11.9 Å². The second kappa shape index (κ2) is 5.59. The minimum atomic E-state index is -0.137. The van der Waals surface area contributed by atoms with Gasteiger partial charge in [0.1, 0.15) is 5.15 Å². The Labute approximate surface area is 122 Å². The maximum absolute atomic E-state index is 12.4. The van der Waals surface area contributed by atoms with Crippen molar-refractivity contribution in [1.82, 2.24) is 9.97 Å². The van der Waals surface area contributed by atoms with Gasteiger partial charge in [-0.25, -0.2) is 9.97 Å². The summed E-state index contributed by atoms with van der Waals surface area (Å²) in [5.74, 6) is 0.0486. The Balaban J connectivity index is 1.82. The predicted octanol–water partition coefficient (Wildman–Crippen LogP) is 3.19. The van der Waals surface area contributed by atoms with E-state index in [0.717, 1.165) is 24.8 Å². The number of rotatable bonds is 2. The quantitative estimate of drug-likeness (QED) is 0.863. The average Bonchev–Trinajstić information content (AvgIpc) is 2.46. The van der Waals surface area contributed by atoms with Crippen LogP contribution >= 0.6 is 11.6 Å². The zero-order valence-corrected chi connectivity index (χ0v) is 11.6. The lowest BCUT2D eigenvalue weighted by Crippen LogP contribution is -2.25. The molecule has 20 heavy (non-hydrogen) atoms. The van der Waals surface area contributed by atoms with Crippen LogP contribution in [0.4, 0.5) is 5.95 Å². The summed E-state index contributed by atoms with van der Waals surface area (Å²) in [7, 11) is 0. The number of fused-ring (bicyclic) bond motifs is 1. The molecule has 1 aromatic carbocycles. The van der Waals surface area contributed by atoms with E-state index in [9.17, 15) is 4.79 Å². The summed E-state index contributed by atoms with van der Waals surface area (Å²) in [5, 5.41) is 3.07. The van der Waals surface area contributed by atoms with Crippen molar-refractivity contribution in [2.75, 3.05) is 5.32 Å². The van der Waals surface area contributed by atoms with E-state index in [1.165, 1.54) is 11.8 Å². The topological polar surface area (TPSA) is 54.9 Å². The number of aromatic nitrogens is 2. The van der Waals surface area contributed by atoms with Crippen LogP contribution in [0.2, 0.25) is 5.15 Å². The fourth-order valence-corrected chi connectivity index (χ4v) is 2.76. The molecule has 102 valence electrons. The summed E-state index contributed by atoms with van der Waals surface area (Å²) in [6.45, 7) is 0. The maximum atomic E-state index is 12.4. The highest BCUT2D eigenvalue weighted by molar-refractivity contribution is 6.29. The van der Waals surface area contributed by atoms with Gasteiger partial charge in [0.05, 0.1) is 5.92 Å². The summed E-state index contributed by atoms with van der Waals surface area (Å²) >= 11 is 5.79. The van der Waals surface area contributed by atoms with Gasteiger partial charge in [-0.2, -0.15) is 0 Å². The molecule has 1 amide bonds. The molecule has 2 aromatic rings. The summed E-state index contributed by atoms with van der Waals surface area (Å²) in [4.78, 5) is 20.4. The number of nitrogens with one attached hydrogen (secondary N) is 1. The monoisotopic (exact) mass is 287 g/mol. The smallest absolute Gasteiger partial charge is 0.234 e. The number of nitrogens with zero attached hydrogens (tertiary/aromatic N) is 2. The van der Waals surface area contributed by atoms with Crippen LogP contribution in [0.3, 0.4) is 0 Å². The van der Waals surface area contributed by atoms with Gasteiger partial charge in [0, 0.05) is 6.20 Å². The van der Waals surface area contributed by atoms with E-state index in [4.69, 9.17) is 11.6 Å². The first-order chi connectivity index (χ1) is 9.74. The van der Waals surface area contributed by atoms with Crippen molar-refractivity contribution < 1.29 is 4.79 Å². The molecule has 1 heterocycles. The largest absolute Gasteiger partial charge is 0.294 e. The molecule has 0 radical (unpaired) electrons. The number of benzene rings is 1. The van der Waals surface area contributed by atoms with Crippen molar-refractivity contribution in [1.29, 1.82) is 0 Å². The van der Waals surface area contributed by atoms with Gasteiger partial charge in [-0.05, 0) is 36.5 Å². The number of carbonyl (C=O) groups is 1. The second-order valence-corrected chi connectivity index (χ2v) is 5.22. The van der Waals surface area contributed by atoms with E-state index >= 15 is 0 Å². The highest BCUT2D eigenvalue weighted by atomic mass is 35.5. The van der Waals surface area contributed by atoms with Crippen molar-refractivity contribution >= 4 is 23.5 Å². The summed E-state index contributed by atoms with van der Waals surface area (Å²) in [6.07, 6.45) is 4.43. The van der Waals surface area contributed by atoms with Crippen LogP contribution < -0.4 is 5.32 Å². The van der Waals surface area contributed by atoms with Gasteiger partial charge >= 0.3 is 0 Å². The van der Waals surface area contributed by atoms with E-state index < -0.39 is 0 Å². The van der Waals surface area contributed by atoms with Crippen molar-refractivity contribution in [2.45, 2.75) is 25.2 Å². The third-order valence-corrected chi connectivity index (χ3v) is 3.75. The summed E-state index contributed by atoms with van der Waals surface area (Å²) < 4.78 is 0. The molecule has 0 spiro atoms. The van der Waals surface area contributed by atoms with Crippen LogP contribution in [0.5, 0.6) is 0 Å². The molecule has 0 saturated heterocycles. The van der Waals surface area contributed by atoms with Crippen LogP contribution in [-0.4, -0.2) is 15.9 Å². The number of anilines is 1. The lowest BCUT2D eigenvalue weighted by atomic mass is 9.82. The van der Waals surface area contributed by atoms with Gasteiger partial charge in [-0.15, -0.1) is 0 Å². The van der Waals surface area contributed by atoms with E-state index in [1.54, 1.807) is 6.07 Å². The maximum Gasteiger partial charge on any atom is 0.234 e. The number of carbonyl (C=O) groups excluding carboxylic acids is 1. The normalized spacial score (nSPS) is 17.4. The molecule has 0 saturated carbocycles. The third-order valence-electron chi connectivity index (χ3n) is 3.54. The predicted molar refractivity (Wildman–Crippen MR) is 77.8 cm³/mol. The fraction of sp³-hybridized carbons (Fsp3) is 0.267. The SMILES string of the molecule is O=C(Nc1nccc(Cl)n1)C1CCCc2ccccc21. The van der Waals surface area contributed by atoms with Gasteiger partial charge < -0.3 is 0 Å². The first kappa shape index (κ1) is 13.1. The highest BCUT2D eigenvalue weighted by Crippen LogP contribution is 2.32. The zero-order valence-electron chi connectivity index (χ0n) is 10.8. The Hall–Kier alpha value is -1.94. The number of aryl methyl sites for hydroxylation is 1. The van der Waals surface area contributed by atoms with E-state index in [2.05, 4.69) is 21.4 Å². The van der Waals surface area contributed by atoms with Gasteiger partial charge in [-0.3, -0.25) is 10.1 Å². The standard InChI is InChI=1S/C15H14ClN3O/c16-13-8-9-17-15(18-13)19-14(20)12-7-3-5-10-4-1-2-6-11(10)12/h1-2,4,6,8-9,12H,3,5,7H2,(H,17,18,19,20). The Bertz CT molecular complexity index is 645. The molecule has 1 unspecified atom stereocenters. The van der Waals surface area contributed by atoms with E-state index in [-0.39, 0.29) is 17.8 Å². The van der Waals surface area contributed by atoms with Crippen molar-refractivity contribution in [2.24, 2.45) is 0 Å². The van der Waals surface area contributed by atoms with Crippen LogP contribution in [0.1, 0.15) is 29.9 Å². The number of hydrogen-bond donors (Lipinski definition) is 1. The van der Waals surface area contributed by atoms with Crippen LogP contribution in [0.25, 0.3) is 0 Å². The Morgan fingerprint density at radius 1 is 1.30 bits per heavy atom. The Morgan fingerprint density at radius 3 is 3.00 bits per heavy atom. The third kappa shape index (κ3) is 2.65. The molecule has 0 aliphatic heterocycles. The highest BCUT2D eigenvalue weighted by Gasteiger charge is 2.26. The summed E-state index contributed by atoms with van der Waals surface area (Å²) in [5.41, 5.74) is 2.36. The lowest BCUT2D eigenvalue weighted by molar-refractivity contribution is -0.117. The molecule has 1 N–H and O–H groups in total. The Kier molecular flexibility index (Phi) is 3.65. The number of hydrogen-bond acceptors (Lipinski definition) is 3. The molecular formula is C15H14ClN3O. The van der Waals surface area contributed by atoms with Crippen LogP contribution in [-0.2, 0) is 11.2 Å². The second-order valence-electron chi connectivity index (χ2n) is 4.84. The van der Waals surface area contributed by atoms with Crippen LogP contribution in [0, 0.1) is 0 Å². The Morgan fingerprint density at radius 2 is 2.15 bits per heavy atom. The molecule has 1 aromatic heterocycles. The molecule has 5 heteroatoms. The first-order valence-electron chi connectivity index (χ1n) is 6.61. The van der Waals surface area contributed by atoms with E-state index in [0.29, 0.717) is 5.15 Å². The summed E-state index contributed by atoms with van der Waals surface area (Å²) in [6, 6.07) is 9.68. The van der Waals surface area contributed by atoms with Crippen molar-refractivity contribution in [3.05, 3.63) is 52.8 Å². The molecule has 0 fully saturated rings. The molecule has 0 bridgehead atoms. The molecular weight excluding hydrogens is 274 g/mol. The molecule has 1 atom stereocenters. The number of halogens is 1. The first-order valence-corrected chi connectivity index (χ1v) is 6.99. The van der Waals surface area contributed by atoms with Crippen molar-refractivity contribution in [3.63, 3.8) is 0 Å². The fourth-order valence-electron chi connectivity index (χ4n) is 2.62.